The molecule has 18 heavy (non-hydrogen) atoms. The summed E-state index contributed by atoms with van der Waals surface area (Å²) in [7, 11) is 0. The highest BCUT2D eigenvalue weighted by molar-refractivity contribution is 7.80. The molecule has 1 aromatic carbocycles. The summed E-state index contributed by atoms with van der Waals surface area (Å²) in [5.74, 6) is 1.28. The molecular weight excluding hydrogens is 247 g/mol. The standard InChI is InChI=1S/C15H21FOS/c1-12-5-6-13(9-14(12)16)17-10-15(11-18)7-3-2-4-8-15/h5-6,9,18H,2-4,7-8,10-11H2,1H3. The fourth-order valence-corrected chi connectivity index (χ4v) is 2.96. The Morgan fingerprint density at radius 1 is 1.28 bits per heavy atom. The predicted octanol–water partition coefficient (Wildman–Crippen LogP) is 4.39. The zero-order valence-electron chi connectivity index (χ0n) is 10.9. The molecule has 0 aliphatic heterocycles. The molecule has 1 nitrogen and oxygen atoms in total. The van der Waals surface area contributed by atoms with E-state index >= 15 is 0 Å². The van der Waals surface area contributed by atoms with Gasteiger partial charge in [0, 0.05) is 11.5 Å². The lowest BCUT2D eigenvalue weighted by molar-refractivity contribution is 0.121. The molecule has 0 bridgehead atoms. The Hall–Kier alpha value is -0.700. The molecule has 1 aliphatic rings. The van der Waals surface area contributed by atoms with Gasteiger partial charge in [0.1, 0.15) is 11.6 Å². The first-order valence-corrected chi connectivity index (χ1v) is 7.28. The summed E-state index contributed by atoms with van der Waals surface area (Å²) >= 11 is 4.48. The maximum atomic E-state index is 13.4. The first kappa shape index (κ1) is 13.7. The second-order valence-electron chi connectivity index (χ2n) is 5.42. The summed E-state index contributed by atoms with van der Waals surface area (Å²) in [5.41, 5.74) is 0.840. The van der Waals surface area contributed by atoms with Crippen LogP contribution in [0.4, 0.5) is 4.39 Å². The van der Waals surface area contributed by atoms with Crippen molar-refractivity contribution in [1.82, 2.24) is 0 Å². The molecule has 0 radical (unpaired) electrons. The Balaban J connectivity index is 1.98. The summed E-state index contributed by atoms with van der Waals surface area (Å²) in [4.78, 5) is 0. The Bertz CT molecular complexity index is 399. The van der Waals surface area contributed by atoms with Gasteiger partial charge < -0.3 is 4.74 Å². The molecule has 0 unspecified atom stereocenters. The number of benzene rings is 1. The van der Waals surface area contributed by atoms with E-state index in [2.05, 4.69) is 12.6 Å². The van der Waals surface area contributed by atoms with Crippen molar-refractivity contribution in [3.05, 3.63) is 29.6 Å². The predicted molar refractivity (Wildman–Crippen MR) is 76.0 cm³/mol. The summed E-state index contributed by atoms with van der Waals surface area (Å²) in [6.07, 6.45) is 6.17. The van der Waals surface area contributed by atoms with Crippen molar-refractivity contribution in [2.75, 3.05) is 12.4 Å². The van der Waals surface area contributed by atoms with Crippen molar-refractivity contribution in [1.29, 1.82) is 0 Å². The number of ether oxygens (including phenoxy) is 1. The minimum absolute atomic E-state index is 0.183. The van der Waals surface area contributed by atoms with Gasteiger partial charge in [-0.3, -0.25) is 0 Å². The molecule has 1 saturated carbocycles. The van der Waals surface area contributed by atoms with Gasteiger partial charge in [-0.15, -0.1) is 0 Å². The Morgan fingerprint density at radius 3 is 2.61 bits per heavy atom. The lowest BCUT2D eigenvalue weighted by Crippen LogP contribution is -2.33. The molecule has 0 N–H and O–H groups in total. The van der Waals surface area contributed by atoms with E-state index in [-0.39, 0.29) is 11.2 Å². The van der Waals surface area contributed by atoms with Crippen molar-refractivity contribution in [2.45, 2.75) is 39.0 Å². The molecular formula is C15H21FOS. The Labute approximate surface area is 114 Å². The largest absolute Gasteiger partial charge is 0.493 e. The van der Waals surface area contributed by atoms with E-state index in [9.17, 15) is 4.39 Å². The summed E-state index contributed by atoms with van der Waals surface area (Å²) in [6, 6.07) is 5.08. The minimum atomic E-state index is -0.198. The molecule has 0 heterocycles. The van der Waals surface area contributed by atoms with E-state index in [1.165, 1.54) is 38.2 Å². The van der Waals surface area contributed by atoms with E-state index < -0.39 is 0 Å². The summed E-state index contributed by atoms with van der Waals surface area (Å²) < 4.78 is 19.2. The van der Waals surface area contributed by atoms with Gasteiger partial charge in [0.15, 0.2) is 0 Å². The quantitative estimate of drug-likeness (QED) is 0.797. The third-order valence-electron chi connectivity index (χ3n) is 3.94. The van der Waals surface area contributed by atoms with Crippen LogP contribution >= 0.6 is 12.6 Å². The monoisotopic (exact) mass is 268 g/mol. The third kappa shape index (κ3) is 3.19. The highest BCUT2D eigenvalue weighted by Crippen LogP contribution is 2.37. The molecule has 1 aliphatic carbocycles. The van der Waals surface area contributed by atoms with E-state index in [0.717, 1.165) is 5.75 Å². The zero-order chi connectivity index (χ0) is 13.0. The molecule has 2 rings (SSSR count). The molecule has 1 fully saturated rings. The van der Waals surface area contributed by atoms with Crippen LogP contribution in [-0.4, -0.2) is 12.4 Å². The number of hydrogen-bond donors (Lipinski definition) is 1. The van der Waals surface area contributed by atoms with Gasteiger partial charge in [0.05, 0.1) is 6.61 Å². The van der Waals surface area contributed by atoms with Crippen LogP contribution in [0, 0.1) is 18.2 Å². The van der Waals surface area contributed by atoms with Crippen LogP contribution < -0.4 is 4.74 Å². The van der Waals surface area contributed by atoms with Gasteiger partial charge in [-0.2, -0.15) is 12.6 Å². The molecule has 0 spiro atoms. The van der Waals surface area contributed by atoms with Crippen LogP contribution in [0.1, 0.15) is 37.7 Å². The number of thiol groups is 1. The van der Waals surface area contributed by atoms with Crippen LogP contribution in [0.25, 0.3) is 0 Å². The average Bonchev–Trinajstić information content (AvgIpc) is 2.41. The molecule has 3 heteroatoms. The fourth-order valence-electron chi connectivity index (χ4n) is 2.55. The lowest BCUT2D eigenvalue weighted by Gasteiger charge is -2.35. The molecule has 0 aromatic heterocycles. The highest BCUT2D eigenvalue weighted by Gasteiger charge is 2.31. The Kier molecular flexibility index (Phi) is 4.55. The fraction of sp³-hybridized carbons (Fsp3) is 0.600. The van der Waals surface area contributed by atoms with Gasteiger partial charge in [0.2, 0.25) is 0 Å². The van der Waals surface area contributed by atoms with E-state index in [1.54, 1.807) is 13.0 Å². The number of halogens is 1. The van der Waals surface area contributed by atoms with E-state index in [1.807, 2.05) is 6.07 Å². The third-order valence-corrected chi connectivity index (χ3v) is 4.61. The topological polar surface area (TPSA) is 9.23 Å². The van der Waals surface area contributed by atoms with Crippen molar-refractivity contribution in [3.63, 3.8) is 0 Å². The van der Waals surface area contributed by atoms with Gasteiger partial charge in [0.25, 0.3) is 0 Å². The molecule has 0 saturated heterocycles. The van der Waals surface area contributed by atoms with Crippen molar-refractivity contribution in [3.8, 4) is 5.75 Å². The number of rotatable bonds is 4. The minimum Gasteiger partial charge on any atom is -0.493 e. The lowest BCUT2D eigenvalue weighted by atomic mass is 9.76. The average molecular weight is 268 g/mol. The van der Waals surface area contributed by atoms with Gasteiger partial charge >= 0.3 is 0 Å². The normalized spacial score (nSPS) is 18.6. The Morgan fingerprint density at radius 2 is 2.00 bits per heavy atom. The van der Waals surface area contributed by atoms with Crippen LogP contribution in [-0.2, 0) is 0 Å². The first-order valence-electron chi connectivity index (χ1n) is 6.65. The van der Waals surface area contributed by atoms with Gasteiger partial charge in [-0.1, -0.05) is 25.3 Å². The number of aryl methyl sites for hydroxylation is 1. The molecule has 100 valence electrons. The second kappa shape index (κ2) is 5.96. The van der Waals surface area contributed by atoms with Crippen LogP contribution in [0.2, 0.25) is 0 Å². The SMILES string of the molecule is Cc1ccc(OCC2(CS)CCCCC2)cc1F. The van der Waals surface area contributed by atoms with Crippen molar-refractivity contribution >= 4 is 12.6 Å². The van der Waals surface area contributed by atoms with Gasteiger partial charge in [-0.05, 0) is 37.1 Å². The smallest absolute Gasteiger partial charge is 0.129 e. The molecule has 0 atom stereocenters. The maximum Gasteiger partial charge on any atom is 0.129 e. The summed E-state index contributed by atoms with van der Waals surface area (Å²) in [5, 5.41) is 0. The molecule has 1 aromatic rings. The van der Waals surface area contributed by atoms with Crippen molar-refractivity contribution in [2.24, 2.45) is 5.41 Å². The van der Waals surface area contributed by atoms with E-state index in [0.29, 0.717) is 17.9 Å². The van der Waals surface area contributed by atoms with Crippen LogP contribution in [0.15, 0.2) is 18.2 Å². The van der Waals surface area contributed by atoms with Crippen LogP contribution in [0.3, 0.4) is 0 Å². The molecule has 0 amide bonds. The summed E-state index contributed by atoms with van der Waals surface area (Å²) in [6.45, 7) is 2.41. The van der Waals surface area contributed by atoms with Gasteiger partial charge in [-0.25, -0.2) is 4.39 Å². The first-order chi connectivity index (χ1) is 8.65. The van der Waals surface area contributed by atoms with Crippen LogP contribution in [0.5, 0.6) is 5.75 Å². The zero-order valence-corrected chi connectivity index (χ0v) is 11.8. The van der Waals surface area contributed by atoms with Crippen molar-refractivity contribution < 1.29 is 9.13 Å². The maximum absolute atomic E-state index is 13.4. The second-order valence-corrected chi connectivity index (χ2v) is 5.73. The number of hydrogen-bond acceptors (Lipinski definition) is 2. The highest BCUT2D eigenvalue weighted by atomic mass is 32.1. The van der Waals surface area contributed by atoms with E-state index in [4.69, 9.17) is 4.74 Å².